The summed E-state index contributed by atoms with van der Waals surface area (Å²) in [7, 11) is -1.94. The van der Waals surface area contributed by atoms with Crippen LogP contribution in [-0.2, 0) is 10.0 Å². The van der Waals surface area contributed by atoms with Gasteiger partial charge in [-0.15, -0.1) is 0 Å². The average molecular weight is 406 g/mol. The molecule has 28 heavy (non-hydrogen) atoms. The van der Waals surface area contributed by atoms with Gasteiger partial charge < -0.3 is 15.0 Å². The molecule has 1 amide bonds. The zero-order valence-corrected chi connectivity index (χ0v) is 17.3. The largest absolute Gasteiger partial charge is 0.497 e. The Labute approximate surface area is 166 Å². The molecule has 0 unspecified atom stereocenters. The fraction of sp³-hybridized carbons (Fsp3) is 0.450. The lowest BCUT2D eigenvalue weighted by Crippen LogP contribution is -2.32. The Bertz CT molecular complexity index is 913. The van der Waals surface area contributed by atoms with Crippen molar-refractivity contribution in [3.05, 3.63) is 47.8 Å². The molecule has 152 valence electrons. The van der Waals surface area contributed by atoms with Crippen molar-refractivity contribution in [2.24, 2.45) is 5.92 Å². The van der Waals surface area contributed by atoms with Gasteiger partial charge in [0, 0.05) is 19.3 Å². The lowest BCUT2D eigenvalue weighted by atomic mass is 9.96. The second-order valence-electron chi connectivity index (χ2n) is 7.33. The van der Waals surface area contributed by atoms with Gasteiger partial charge in [-0.25, -0.2) is 8.42 Å². The minimum atomic E-state index is -3.55. The summed E-state index contributed by atoms with van der Waals surface area (Å²) < 4.78 is 31.9. The summed E-state index contributed by atoms with van der Waals surface area (Å²) in [5.41, 5.74) is 1.19. The Balaban J connectivity index is 1.76. The highest BCUT2D eigenvalue weighted by Crippen LogP contribution is 2.25. The van der Waals surface area contributed by atoms with E-state index in [0.717, 1.165) is 24.2 Å². The average Bonchev–Trinajstić information content (AvgIpc) is 3.38. The number of nitrogens with zero attached hydrogens (tertiary/aromatic N) is 1. The van der Waals surface area contributed by atoms with Crippen molar-refractivity contribution in [3.63, 3.8) is 0 Å². The van der Waals surface area contributed by atoms with Crippen molar-refractivity contribution in [1.82, 2.24) is 14.6 Å². The van der Waals surface area contributed by atoms with Crippen LogP contribution in [0.25, 0.3) is 0 Å². The number of sulfonamides is 1. The molecule has 8 heteroatoms. The van der Waals surface area contributed by atoms with E-state index in [1.165, 1.54) is 16.6 Å². The third-order valence-corrected chi connectivity index (χ3v) is 6.91. The van der Waals surface area contributed by atoms with Gasteiger partial charge in [-0.1, -0.05) is 26.0 Å². The Morgan fingerprint density at radius 3 is 2.39 bits per heavy atom. The number of methoxy groups -OCH3 is 1. The summed E-state index contributed by atoms with van der Waals surface area (Å²) in [5.74, 6) is 0.566. The van der Waals surface area contributed by atoms with E-state index in [9.17, 15) is 13.2 Å². The molecule has 0 saturated carbocycles. The smallest absolute Gasteiger partial charge is 0.268 e. The normalized spacial score (nSPS) is 16.3. The number of carbonyl (C=O) groups is 1. The standard InChI is InChI=1S/C20H27N3O4S/c1-14(2)19(15-6-8-16(27-3)9-7-15)22-20(24)18-12-17(13-21-18)28(25,26)23-10-4-5-11-23/h6-9,12-14,19,21H,4-5,10-11H2,1-3H3,(H,22,24)/t19-/m0/s1. The number of benzene rings is 1. The molecule has 0 radical (unpaired) electrons. The van der Waals surface area contributed by atoms with Crippen LogP contribution in [0.5, 0.6) is 5.75 Å². The van der Waals surface area contributed by atoms with Crippen LogP contribution in [0.15, 0.2) is 41.4 Å². The van der Waals surface area contributed by atoms with Crippen LogP contribution < -0.4 is 10.1 Å². The summed E-state index contributed by atoms with van der Waals surface area (Å²) in [5, 5.41) is 3.00. The number of carbonyl (C=O) groups excluding carboxylic acids is 1. The van der Waals surface area contributed by atoms with E-state index in [4.69, 9.17) is 4.74 Å². The van der Waals surface area contributed by atoms with E-state index < -0.39 is 10.0 Å². The maximum absolute atomic E-state index is 12.7. The van der Waals surface area contributed by atoms with Gasteiger partial charge in [0.15, 0.2) is 0 Å². The van der Waals surface area contributed by atoms with Crippen LogP contribution >= 0.6 is 0 Å². The summed E-state index contributed by atoms with van der Waals surface area (Å²) in [4.78, 5) is 15.7. The highest BCUT2D eigenvalue weighted by molar-refractivity contribution is 7.89. The minimum absolute atomic E-state index is 0.130. The molecule has 1 aliphatic rings. The molecular weight excluding hydrogens is 378 g/mol. The van der Waals surface area contributed by atoms with Gasteiger partial charge in [-0.05, 0) is 42.5 Å². The van der Waals surface area contributed by atoms with E-state index in [1.807, 2.05) is 38.1 Å². The predicted octanol–water partition coefficient (Wildman–Crippen LogP) is 2.93. The molecule has 1 aromatic carbocycles. The second kappa shape index (κ2) is 8.36. The van der Waals surface area contributed by atoms with Gasteiger partial charge in [0.05, 0.1) is 13.2 Å². The molecule has 2 heterocycles. The fourth-order valence-corrected chi connectivity index (χ4v) is 4.91. The van der Waals surface area contributed by atoms with Gasteiger partial charge >= 0.3 is 0 Å². The molecule has 0 bridgehead atoms. The SMILES string of the molecule is COc1ccc([C@@H](NC(=O)c2cc(S(=O)(=O)N3CCCC3)c[nH]2)C(C)C)cc1. The van der Waals surface area contributed by atoms with Crippen molar-refractivity contribution in [1.29, 1.82) is 0 Å². The number of aromatic amines is 1. The highest BCUT2D eigenvalue weighted by atomic mass is 32.2. The molecule has 1 fully saturated rings. The van der Waals surface area contributed by atoms with Crippen LogP contribution in [0.4, 0.5) is 0 Å². The first-order valence-electron chi connectivity index (χ1n) is 9.46. The van der Waals surface area contributed by atoms with Gasteiger partial charge in [0.25, 0.3) is 5.91 Å². The summed E-state index contributed by atoms with van der Waals surface area (Å²) in [6.07, 6.45) is 3.13. The summed E-state index contributed by atoms with van der Waals surface area (Å²) in [6.45, 7) is 5.10. The minimum Gasteiger partial charge on any atom is -0.497 e. The molecule has 2 aromatic rings. The Morgan fingerprint density at radius 2 is 1.82 bits per heavy atom. The molecule has 3 rings (SSSR count). The molecule has 1 atom stereocenters. The summed E-state index contributed by atoms with van der Waals surface area (Å²) >= 11 is 0. The third-order valence-electron chi connectivity index (χ3n) is 5.03. The Morgan fingerprint density at radius 1 is 1.18 bits per heavy atom. The van der Waals surface area contributed by atoms with E-state index in [-0.39, 0.29) is 28.5 Å². The summed E-state index contributed by atoms with van der Waals surface area (Å²) in [6, 6.07) is 8.75. The monoisotopic (exact) mass is 405 g/mol. The lowest BCUT2D eigenvalue weighted by molar-refractivity contribution is 0.0921. The fourth-order valence-electron chi connectivity index (χ4n) is 3.40. The molecule has 1 aliphatic heterocycles. The molecule has 1 saturated heterocycles. The van der Waals surface area contributed by atoms with Crippen LogP contribution in [0, 0.1) is 5.92 Å². The van der Waals surface area contributed by atoms with Crippen molar-refractivity contribution in [2.45, 2.75) is 37.6 Å². The van der Waals surface area contributed by atoms with Crippen LogP contribution in [0.1, 0.15) is 48.8 Å². The number of nitrogens with one attached hydrogen (secondary N) is 2. The van der Waals surface area contributed by atoms with E-state index in [1.54, 1.807) is 7.11 Å². The second-order valence-corrected chi connectivity index (χ2v) is 9.27. The third kappa shape index (κ3) is 4.23. The molecular formula is C20H27N3O4S. The van der Waals surface area contributed by atoms with Crippen molar-refractivity contribution < 1.29 is 17.9 Å². The van der Waals surface area contributed by atoms with E-state index in [2.05, 4.69) is 10.3 Å². The molecule has 7 nitrogen and oxygen atoms in total. The van der Waals surface area contributed by atoms with Crippen LogP contribution in [-0.4, -0.2) is 43.8 Å². The number of hydrogen-bond acceptors (Lipinski definition) is 4. The number of ether oxygens (including phenoxy) is 1. The number of amides is 1. The number of H-pyrrole nitrogens is 1. The van der Waals surface area contributed by atoms with Crippen molar-refractivity contribution >= 4 is 15.9 Å². The topological polar surface area (TPSA) is 91.5 Å². The zero-order chi connectivity index (χ0) is 20.3. The predicted molar refractivity (Wildman–Crippen MR) is 107 cm³/mol. The quantitative estimate of drug-likeness (QED) is 0.741. The Kier molecular flexibility index (Phi) is 6.10. The first kappa shape index (κ1) is 20.4. The number of rotatable bonds is 7. The van der Waals surface area contributed by atoms with Gasteiger partial charge in [0.2, 0.25) is 10.0 Å². The highest BCUT2D eigenvalue weighted by Gasteiger charge is 2.29. The van der Waals surface area contributed by atoms with Gasteiger partial charge in [-0.3, -0.25) is 4.79 Å². The first-order valence-corrected chi connectivity index (χ1v) is 10.9. The number of aromatic nitrogens is 1. The maximum atomic E-state index is 12.7. The Hall–Kier alpha value is -2.32. The molecule has 0 aliphatic carbocycles. The lowest BCUT2D eigenvalue weighted by Gasteiger charge is -2.23. The maximum Gasteiger partial charge on any atom is 0.268 e. The van der Waals surface area contributed by atoms with E-state index >= 15 is 0 Å². The van der Waals surface area contributed by atoms with Crippen molar-refractivity contribution in [3.8, 4) is 5.75 Å². The molecule has 2 N–H and O–H groups in total. The molecule has 0 spiro atoms. The number of hydrogen-bond donors (Lipinski definition) is 2. The first-order chi connectivity index (χ1) is 13.3. The van der Waals surface area contributed by atoms with Gasteiger partial charge in [0.1, 0.15) is 16.3 Å². The van der Waals surface area contributed by atoms with Crippen LogP contribution in [0.3, 0.4) is 0 Å². The van der Waals surface area contributed by atoms with Crippen LogP contribution in [0.2, 0.25) is 0 Å². The van der Waals surface area contributed by atoms with Gasteiger partial charge in [-0.2, -0.15) is 4.31 Å². The van der Waals surface area contributed by atoms with E-state index in [0.29, 0.717) is 13.1 Å². The zero-order valence-electron chi connectivity index (χ0n) is 16.4. The molecule has 1 aromatic heterocycles. The van der Waals surface area contributed by atoms with Crippen molar-refractivity contribution in [2.75, 3.05) is 20.2 Å².